The van der Waals surface area contributed by atoms with Crippen LogP contribution in [0.15, 0.2) is 24.3 Å². The van der Waals surface area contributed by atoms with E-state index < -0.39 is 11.7 Å². The first kappa shape index (κ1) is 20.3. The van der Waals surface area contributed by atoms with Gasteiger partial charge in [-0.25, -0.2) is 4.79 Å². The van der Waals surface area contributed by atoms with Gasteiger partial charge in [0.05, 0.1) is 10.6 Å². The lowest BCUT2D eigenvalue weighted by molar-refractivity contribution is 0.0496. The number of hydrogen-bond donors (Lipinski definition) is 2. The highest BCUT2D eigenvalue weighted by atomic mass is 35.5. The predicted molar refractivity (Wildman–Crippen MR) is 96.4 cm³/mol. The summed E-state index contributed by atoms with van der Waals surface area (Å²) in [7, 11) is 0. The van der Waals surface area contributed by atoms with Gasteiger partial charge in [0.15, 0.2) is 0 Å². The average molecular weight is 355 g/mol. The van der Waals surface area contributed by atoms with Crippen LogP contribution in [0.1, 0.15) is 51.4 Å². The maximum absolute atomic E-state index is 12.2. The molecule has 5 nitrogen and oxygen atoms in total. The number of alkyl carbamates (subject to hydrolysis) is 1. The second-order valence-corrected chi connectivity index (χ2v) is 7.57. The van der Waals surface area contributed by atoms with E-state index in [0.717, 1.165) is 6.42 Å². The fraction of sp³-hybridized carbons (Fsp3) is 0.556. The smallest absolute Gasteiger partial charge is 0.407 e. The van der Waals surface area contributed by atoms with Crippen molar-refractivity contribution in [1.29, 1.82) is 0 Å². The fourth-order valence-electron chi connectivity index (χ4n) is 2.19. The van der Waals surface area contributed by atoms with Crippen LogP contribution in [0.25, 0.3) is 0 Å². The Balaban J connectivity index is 2.64. The molecule has 0 aliphatic heterocycles. The molecule has 1 rings (SSSR count). The standard InChI is InChI=1S/C18H27ClN2O3/c1-12(2)10-13(21-17(23)24-18(3,4)5)11-20-16(22)14-8-6-7-9-15(14)19/h6-9,12-13H,10-11H2,1-5H3,(H,20,22)(H,21,23)/t13-/m0/s1. The van der Waals surface area contributed by atoms with Gasteiger partial charge in [-0.3, -0.25) is 4.79 Å². The SMILES string of the molecule is CC(C)C[C@@H](CNC(=O)c1ccccc1Cl)NC(=O)OC(C)(C)C. The Hall–Kier alpha value is -1.75. The van der Waals surface area contributed by atoms with E-state index in [9.17, 15) is 9.59 Å². The zero-order valence-electron chi connectivity index (χ0n) is 15.0. The molecule has 0 radical (unpaired) electrons. The minimum absolute atomic E-state index is 0.216. The second kappa shape index (κ2) is 8.92. The monoisotopic (exact) mass is 354 g/mol. The molecule has 2 amide bonds. The van der Waals surface area contributed by atoms with Crippen molar-refractivity contribution in [3.63, 3.8) is 0 Å². The van der Waals surface area contributed by atoms with Crippen molar-refractivity contribution in [1.82, 2.24) is 10.6 Å². The quantitative estimate of drug-likeness (QED) is 0.811. The highest BCUT2D eigenvalue weighted by molar-refractivity contribution is 6.33. The molecule has 0 unspecified atom stereocenters. The summed E-state index contributed by atoms with van der Waals surface area (Å²) < 4.78 is 5.28. The molecule has 0 fully saturated rings. The zero-order chi connectivity index (χ0) is 18.3. The molecule has 0 heterocycles. The average Bonchev–Trinajstić information content (AvgIpc) is 2.42. The van der Waals surface area contributed by atoms with Crippen LogP contribution < -0.4 is 10.6 Å². The Labute approximate surface area is 149 Å². The molecule has 0 spiro atoms. The van der Waals surface area contributed by atoms with Crippen LogP contribution in [0.4, 0.5) is 4.79 Å². The van der Waals surface area contributed by atoms with Gasteiger partial charge >= 0.3 is 6.09 Å². The van der Waals surface area contributed by atoms with E-state index in [-0.39, 0.29) is 11.9 Å². The van der Waals surface area contributed by atoms with Crippen LogP contribution in [0.2, 0.25) is 5.02 Å². The third-order valence-electron chi connectivity index (χ3n) is 3.10. The van der Waals surface area contributed by atoms with Crippen molar-refractivity contribution in [3.05, 3.63) is 34.9 Å². The minimum atomic E-state index is -0.562. The summed E-state index contributed by atoms with van der Waals surface area (Å²) >= 11 is 6.03. The summed E-state index contributed by atoms with van der Waals surface area (Å²) in [6, 6.07) is 6.64. The summed E-state index contributed by atoms with van der Waals surface area (Å²) in [5.74, 6) is 0.0995. The minimum Gasteiger partial charge on any atom is -0.444 e. The van der Waals surface area contributed by atoms with Crippen LogP contribution in [0.5, 0.6) is 0 Å². The number of benzene rings is 1. The number of ether oxygens (including phenoxy) is 1. The van der Waals surface area contributed by atoms with E-state index in [1.54, 1.807) is 24.3 Å². The molecule has 6 heteroatoms. The maximum atomic E-state index is 12.2. The summed E-state index contributed by atoms with van der Waals surface area (Å²) in [5, 5.41) is 6.04. The Bertz CT molecular complexity index is 568. The maximum Gasteiger partial charge on any atom is 0.407 e. The van der Waals surface area contributed by atoms with Gasteiger partial charge in [-0.15, -0.1) is 0 Å². The highest BCUT2D eigenvalue weighted by Crippen LogP contribution is 2.15. The number of carbonyl (C=O) groups excluding carboxylic acids is 2. The van der Waals surface area contributed by atoms with E-state index >= 15 is 0 Å². The second-order valence-electron chi connectivity index (χ2n) is 7.16. The van der Waals surface area contributed by atoms with Crippen molar-refractivity contribution in [2.75, 3.05) is 6.54 Å². The van der Waals surface area contributed by atoms with Crippen LogP contribution in [-0.2, 0) is 4.74 Å². The molecule has 2 N–H and O–H groups in total. The topological polar surface area (TPSA) is 67.4 Å². The molecule has 0 aliphatic rings. The molecular formula is C18H27ClN2O3. The van der Waals surface area contributed by atoms with E-state index in [1.165, 1.54) is 0 Å². The molecule has 1 aromatic rings. The molecule has 0 saturated carbocycles. The van der Waals surface area contributed by atoms with Gasteiger partial charge in [0.25, 0.3) is 5.91 Å². The number of nitrogens with one attached hydrogen (secondary N) is 2. The Morgan fingerprint density at radius 3 is 2.38 bits per heavy atom. The van der Waals surface area contributed by atoms with Crippen molar-refractivity contribution in [2.24, 2.45) is 5.92 Å². The third-order valence-corrected chi connectivity index (χ3v) is 3.43. The Morgan fingerprint density at radius 1 is 1.21 bits per heavy atom. The number of halogens is 1. The van der Waals surface area contributed by atoms with Crippen molar-refractivity contribution < 1.29 is 14.3 Å². The van der Waals surface area contributed by atoms with Gasteiger partial charge in [0.2, 0.25) is 0 Å². The van der Waals surface area contributed by atoms with Gasteiger partial charge in [0, 0.05) is 12.6 Å². The molecule has 0 bridgehead atoms. The molecule has 0 saturated heterocycles. The third kappa shape index (κ3) is 7.68. The van der Waals surface area contributed by atoms with Gasteiger partial charge in [-0.05, 0) is 45.2 Å². The first-order chi connectivity index (χ1) is 11.1. The van der Waals surface area contributed by atoms with E-state index in [2.05, 4.69) is 24.5 Å². The van der Waals surface area contributed by atoms with Crippen LogP contribution in [-0.4, -0.2) is 30.2 Å². The Morgan fingerprint density at radius 2 is 1.83 bits per heavy atom. The lowest BCUT2D eigenvalue weighted by atomic mass is 10.0. The Kier molecular flexibility index (Phi) is 7.55. The lowest BCUT2D eigenvalue weighted by Gasteiger charge is -2.25. The van der Waals surface area contributed by atoms with Gasteiger partial charge in [0.1, 0.15) is 5.60 Å². The highest BCUT2D eigenvalue weighted by Gasteiger charge is 2.21. The van der Waals surface area contributed by atoms with Gasteiger partial charge in [-0.2, -0.15) is 0 Å². The van der Waals surface area contributed by atoms with Gasteiger partial charge < -0.3 is 15.4 Å². The number of carbonyl (C=O) groups is 2. The first-order valence-electron chi connectivity index (χ1n) is 8.10. The molecule has 24 heavy (non-hydrogen) atoms. The first-order valence-corrected chi connectivity index (χ1v) is 8.48. The van der Waals surface area contributed by atoms with Crippen LogP contribution in [0, 0.1) is 5.92 Å². The summed E-state index contributed by atoms with van der Waals surface area (Å²) in [4.78, 5) is 24.2. The number of amides is 2. The van der Waals surface area contributed by atoms with E-state index in [0.29, 0.717) is 23.0 Å². The van der Waals surface area contributed by atoms with E-state index in [1.807, 2.05) is 20.8 Å². The fourth-order valence-corrected chi connectivity index (χ4v) is 2.41. The van der Waals surface area contributed by atoms with Crippen LogP contribution >= 0.6 is 11.6 Å². The van der Waals surface area contributed by atoms with Crippen molar-refractivity contribution in [2.45, 2.75) is 52.7 Å². The van der Waals surface area contributed by atoms with Crippen molar-refractivity contribution in [3.8, 4) is 0 Å². The number of rotatable bonds is 6. The number of hydrogen-bond acceptors (Lipinski definition) is 3. The largest absolute Gasteiger partial charge is 0.444 e. The zero-order valence-corrected chi connectivity index (χ0v) is 15.7. The van der Waals surface area contributed by atoms with E-state index in [4.69, 9.17) is 16.3 Å². The molecule has 0 aliphatic carbocycles. The van der Waals surface area contributed by atoms with Gasteiger partial charge in [-0.1, -0.05) is 37.6 Å². The molecule has 1 aromatic carbocycles. The van der Waals surface area contributed by atoms with Crippen LogP contribution in [0.3, 0.4) is 0 Å². The summed E-state index contributed by atoms with van der Waals surface area (Å²) in [6.07, 6.45) is 0.238. The molecule has 1 atom stereocenters. The summed E-state index contributed by atoms with van der Waals surface area (Å²) in [5.41, 5.74) is -0.146. The molecular weight excluding hydrogens is 328 g/mol. The predicted octanol–water partition coefficient (Wildman–Crippen LogP) is 4.01. The molecule has 134 valence electrons. The summed E-state index contributed by atoms with van der Waals surface area (Å²) in [6.45, 7) is 9.84. The lowest BCUT2D eigenvalue weighted by Crippen LogP contribution is -2.46. The molecule has 0 aromatic heterocycles. The van der Waals surface area contributed by atoms with Crippen molar-refractivity contribution >= 4 is 23.6 Å². The normalized spacial score (nSPS) is 12.6.